The maximum atomic E-state index is 14.1. The molecule has 2 rings (SSSR count). The third-order valence-electron chi connectivity index (χ3n) is 3.00. The number of hydrogen-bond acceptors (Lipinski definition) is 3. The van der Waals surface area contributed by atoms with E-state index < -0.39 is 11.9 Å². The Hall–Kier alpha value is -2.01. The Morgan fingerprint density at radius 2 is 1.80 bits per heavy atom. The minimum atomic E-state index is -0.743. The van der Waals surface area contributed by atoms with Crippen LogP contribution in [0.5, 0.6) is 0 Å². The molecule has 0 spiro atoms. The summed E-state index contributed by atoms with van der Waals surface area (Å²) < 4.78 is 27.7. The Balaban J connectivity index is 2.36. The summed E-state index contributed by atoms with van der Waals surface area (Å²) >= 11 is 5.75. The molecule has 2 aromatic rings. The molecule has 3 nitrogen and oxygen atoms in total. The van der Waals surface area contributed by atoms with Crippen molar-refractivity contribution in [1.29, 1.82) is 0 Å². The molecule has 106 valence electrons. The second-order valence-electron chi connectivity index (χ2n) is 4.45. The van der Waals surface area contributed by atoms with Gasteiger partial charge in [-0.3, -0.25) is 0 Å². The lowest BCUT2D eigenvalue weighted by Gasteiger charge is -2.19. The largest absolute Gasteiger partial charge is 0.397 e. The minimum absolute atomic E-state index is 0.0138. The smallest absolute Gasteiger partial charge is 0.169 e. The molecule has 20 heavy (non-hydrogen) atoms. The van der Waals surface area contributed by atoms with Crippen LogP contribution in [0.3, 0.4) is 0 Å². The molecule has 0 aliphatic carbocycles. The van der Waals surface area contributed by atoms with Gasteiger partial charge in [-0.05, 0) is 19.1 Å². The monoisotopic (exact) mass is 297 g/mol. The Morgan fingerprint density at radius 3 is 2.45 bits per heavy atom. The molecule has 0 radical (unpaired) electrons. The topological polar surface area (TPSA) is 64.1 Å². The standard InChI is InChI=1S/C14H14ClF2N3/c1-7(8-4-2-3-5-9(8)16)20-14-11(19)6-10(18)12(15)13(14)17/h2-7,20H,18-19H2,1H3. The molecule has 0 bridgehead atoms. The molecule has 0 heterocycles. The van der Waals surface area contributed by atoms with E-state index in [1.54, 1.807) is 25.1 Å². The van der Waals surface area contributed by atoms with Crippen LogP contribution in [0.2, 0.25) is 5.02 Å². The number of halogens is 3. The van der Waals surface area contributed by atoms with Crippen molar-refractivity contribution in [2.75, 3.05) is 16.8 Å². The molecule has 6 heteroatoms. The van der Waals surface area contributed by atoms with Gasteiger partial charge in [0.1, 0.15) is 10.8 Å². The molecule has 0 saturated heterocycles. The summed E-state index contributed by atoms with van der Waals surface area (Å²) in [4.78, 5) is 0. The first kappa shape index (κ1) is 14.4. The van der Waals surface area contributed by atoms with Gasteiger partial charge in [-0.25, -0.2) is 8.78 Å². The van der Waals surface area contributed by atoms with E-state index in [0.29, 0.717) is 5.56 Å². The number of hydrogen-bond donors (Lipinski definition) is 3. The van der Waals surface area contributed by atoms with E-state index in [0.717, 1.165) is 0 Å². The fourth-order valence-electron chi connectivity index (χ4n) is 1.93. The van der Waals surface area contributed by atoms with Crippen molar-refractivity contribution in [1.82, 2.24) is 0 Å². The van der Waals surface area contributed by atoms with Gasteiger partial charge in [-0.15, -0.1) is 0 Å². The Kier molecular flexibility index (Phi) is 3.99. The van der Waals surface area contributed by atoms with E-state index in [2.05, 4.69) is 5.32 Å². The van der Waals surface area contributed by atoms with Gasteiger partial charge >= 0.3 is 0 Å². The number of nitrogens with one attached hydrogen (secondary N) is 1. The van der Waals surface area contributed by atoms with Crippen LogP contribution in [-0.2, 0) is 0 Å². The summed E-state index contributed by atoms with van der Waals surface area (Å²) in [6.45, 7) is 1.70. The number of rotatable bonds is 3. The molecular formula is C14H14ClF2N3. The van der Waals surface area contributed by atoms with Gasteiger partial charge in [0.15, 0.2) is 5.82 Å². The van der Waals surface area contributed by atoms with E-state index in [9.17, 15) is 8.78 Å². The second kappa shape index (κ2) is 5.54. The van der Waals surface area contributed by atoms with Crippen molar-refractivity contribution in [3.05, 3.63) is 52.6 Å². The predicted octanol–water partition coefficient (Wildman–Crippen LogP) is 3.96. The zero-order valence-electron chi connectivity index (χ0n) is 10.8. The van der Waals surface area contributed by atoms with E-state index in [4.69, 9.17) is 23.1 Å². The predicted molar refractivity (Wildman–Crippen MR) is 78.7 cm³/mol. The average molecular weight is 298 g/mol. The molecule has 1 unspecified atom stereocenters. The van der Waals surface area contributed by atoms with Crippen molar-refractivity contribution in [3.63, 3.8) is 0 Å². The fourth-order valence-corrected chi connectivity index (χ4v) is 2.08. The zero-order valence-corrected chi connectivity index (χ0v) is 11.5. The Bertz CT molecular complexity index is 647. The highest BCUT2D eigenvalue weighted by molar-refractivity contribution is 6.33. The van der Waals surface area contributed by atoms with Crippen LogP contribution >= 0.6 is 11.6 Å². The van der Waals surface area contributed by atoms with Gasteiger partial charge in [-0.2, -0.15) is 0 Å². The van der Waals surface area contributed by atoms with Gasteiger partial charge in [0.2, 0.25) is 0 Å². The summed E-state index contributed by atoms with van der Waals surface area (Å²) in [6.07, 6.45) is 0. The summed E-state index contributed by atoms with van der Waals surface area (Å²) in [5, 5.41) is 2.62. The Labute approximate surface area is 120 Å². The number of nitrogens with two attached hydrogens (primary N) is 2. The lowest BCUT2D eigenvalue weighted by atomic mass is 10.1. The van der Waals surface area contributed by atoms with Crippen LogP contribution < -0.4 is 16.8 Å². The van der Waals surface area contributed by atoms with Gasteiger partial charge in [0.25, 0.3) is 0 Å². The minimum Gasteiger partial charge on any atom is -0.397 e. The van der Waals surface area contributed by atoms with Crippen molar-refractivity contribution < 1.29 is 8.78 Å². The van der Waals surface area contributed by atoms with Crippen LogP contribution in [-0.4, -0.2) is 0 Å². The first-order chi connectivity index (χ1) is 9.41. The highest BCUT2D eigenvalue weighted by Gasteiger charge is 2.18. The van der Waals surface area contributed by atoms with Crippen molar-refractivity contribution >= 4 is 28.7 Å². The molecule has 5 N–H and O–H groups in total. The molecule has 0 fully saturated rings. The summed E-state index contributed by atoms with van der Waals surface area (Å²) in [5.41, 5.74) is 11.8. The van der Waals surface area contributed by atoms with E-state index in [1.165, 1.54) is 12.1 Å². The maximum Gasteiger partial charge on any atom is 0.169 e. The number of benzene rings is 2. The van der Waals surface area contributed by atoms with Crippen LogP contribution in [0.15, 0.2) is 30.3 Å². The van der Waals surface area contributed by atoms with E-state index in [-0.39, 0.29) is 27.9 Å². The van der Waals surface area contributed by atoms with Gasteiger partial charge in [0, 0.05) is 5.56 Å². The average Bonchev–Trinajstić information content (AvgIpc) is 2.41. The molecule has 0 amide bonds. The Morgan fingerprint density at radius 1 is 1.15 bits per heavy atom. The molecule has 0 aliphatic rings. The molecule has 2 aromatic carbocycles. The third-order valence-corrected chi connectivity index (χ3v) is 3.38. The maximum absolute atomic E-state index is 14.1. The van der Waals surface area contributed by atoms with Crippen molar-refractivity contribution in [3.8, 4) is 0 Å². The quantitative estimate of drug-likeness (QED) is 0.752. The highest BCUT2D eigenvalue weighted by atomic mass is 35.5. The summed E-state index contributed by atoms with van der Waals surface area (Å²) in [6, 6.07) is 7.12. The summed E-state index contributed by atoms with van der Waals surface area (Å²) in [7, 11) is 0. The zero-order chi connectivity index (χ0) is 14.9. The molecule has 0 aliphatic heterocycles. The van der Waals surface area contributed by atoms with Crippen LogP contribution in [0, 0.1) is 11.6 Å². The number of nitrogen functional groups attached to an aromatic ring is 2. The molecule has 0 saturated carbocycles. The van der Waals surface area contributed by atoms with Crippen molar-refractivity contribution in [2.45, 2.75) is 13.0 Å². The van der Waals surface area contributed by atoms with Crippen LogP contribution in [0.1, 0.15) is 18.5 Å². The van der Waals surface area contributed by atoms with Crippen molar-refractivity contribution in [2.24, 2.45) is 0 Å². The van der Waals surface area contributed by atoms with Gasteiger partial charge in [0.05, 0.1) is 23.1 Å². The lowest BCUT2D eigenvalue weighted by molar-refractivity contribution is 0.596. The summed E-state index contributed by atoms with van der Waals surface area (Å²) in [5.74, 6) is -1.12. The second-order valence-corrected chi connectivity index (χ2v) is 4.82. The van der Waals surface area contributed by atoms with Gasteiger partial charge < -0.3 is 16.8 Å². The SMILES string of the molecule is CC(Nc1c(N)cc(N)c(Cl)c1F)c1ccccc1F. The fraction of sp³-hybridized carbons (Fsp3) is 0.143. The normalized spacial score (nSPS) is 12.2. The first-order valence-corrected chi connectivity index (χ1v) is 6.33. The first-order valence-electron chi connectivity index (χ1n) is 5.95. The van der Waals surface area contributed by atoms with Crippen LogP contribution in [0.4, 0.5) is 25.8 Å². The molecule has 0 aromatic heterocycles. The van der Waals surface area contributed by atoms with E-state index in [1.807, 2.05) is 0 Å². The van der Waals surface area contributed by atoms with Crippen LogP contribution in [0.25, 0.3) is 0 Å². The van der Waals surface area contributed by atoms with Gasteiger partial charge in [-0.1, -0.05) is 29.8 Å². The van der Waals surface area contributed by atoms with E-state index >= 15 is 0 Å². The number of anilines is 3. The highest BCUT2D eigenvalue weighted by Crippen LogP contribution is 2.35. The molecule has 1 atom stereocenters. The lowest BCUT2D eigenvalue weighted by Crippen LogP contribution is -2.12. The molecular weight excluding hydrogens is 284 g/mol. The third kappa shape index (κ3) is 2.63.